The van der Waals surface area contributed by atoms with E-state index >= 15 is 0 Å². The summed E-state index contributed by atoms with van der Waals surface area (Å²) in [6.07, 6.45) is 8.71. The van der Waals surface area contributed by atoms with Gasteiger partial charge in [0.15, 0.2) is 0 Å². The van der Waals surface area contributed by atoms with Crippen LogP contribution < -0.4 is 5.32 Å². The maximum atomic E-state index is 4.24. The van der Waals surface area contributed by atoms with Crippen LogP contribution in [-0.2, 0) is 19.6 Å². The van der Waals surface area contributed by atoms with Gasteiger partial charge in [-0.15, -0.1) is 0 Å². The summed E-state index contributed by atoms with van der Waals surface area (Å²) in [7, 11) is 0. The monoisotopic (exact) mass is 261 g/mol. The summed E-state index contributed by atoms with van der Waals surface area (Å²) in [4.78, 5) is 4.24. The quantitative estimate of drug-likeness (QED) is 0.866. The molecule has 5 nitrogen and oxygen atoms in total. The Bertz CT molecular complexity index is 478. The van der Waals surface area contributed by atoms with Crippen molar-refractivity contribution in [1.29, 1.82) is 0 Å². The number of hydrogen-bond donors (Lipinski definition) is 1. The maximum absolute atomic E-state index is 4.24. The van der Waals surface area contributed by atoms with Crippen molar-refractivity contribution < 1.29 is 0 Å². The molecular formula is C14H23N5. The molecule has 104 valence electrons. The topological polar surface area (TPSA) is 47.7 Å². The van der Waals surface area contributed by atoms with Crippen LogP contribution in [0.25, 0.3) is 0 Å². The molecule has 0 radical (unpaired) electrons. The molecular weight excluding hydrogens is 238 g/mol. The van der Waals surface area contributed by atoms with Crippen LogP contribution in [0.1, 0.15) is 32.9 Å². The van der Waals surface area contributed by atoms with Gasteiger partial charge in [-0.25, -0.2) is 4.98 Å². The number of aryl methyl sites for hydroxylation is 2. The average Bonchev–Trinajstić information content (AvgIpc) is 2.96. The van der Waals surface area contributed by atoms with Gasteiger partial charge in [0, 0.05) is 43.8 Å². The average molecular weight is 261 g/mol. The Morgan fingerprint density at radius 1 is 1.26 bits per heavy atom. The van der Waals surface area contributed by atoms with E-state index in [9.17, 15) is 0 Å². The van der Waals surface area contributed by atoms with Crippen molar-refractivity contribution >= 4 is 0 Å². The number of nitrogens with zero attached hydrogens (tertiary/aromatic N) is 4. The van der Waals surface area contributed by atoms with E-state index in [1.165, 1.54) is 5.69 Å². The Kier molecular flexibility index (Phi) is 4.37. The zero-order valence-electron chi connectivity index (χ0n) is 12.0. The SMILES string of the molecule is CC(C)(C)NCc1cncn1CCCn1cccn1. The van der Waals surface area contributed by atoms with E-state index in [1.54, 1.807) is 0 Å². The van der Waals surface area contributed by atoms with Gasteiger partial charge in [0.2, 0.25) is 0 Å². The summed E-state index contributed by atoms with van der Waals surface area (Å²) in [5.41, 5.74) is 1.36. The molecule has 0 aliphatic rings. The highest BCUT2D eigenvalue weighted by Gasteiger charge is 2.10. The first-order valence-corrected chi connectivity index (χ1v) is 6.76. The molecule has 2 aromatic rings. The van der Waals surface area contributed by atoms with E-state index in [4.69, 9.17) is 0 Å². The number of rotatable bonds is 6. The van der Waals surface area contributed by atoms with Crippen LogP contribution in [0.2, 0.25) is 0 Å². The fourth-order valence-electron chi connectivity index (χ4n) is 1.89. The molecule has 5 heteroatoms. The standard InChI is InChI=1S/C14H23N5/c1-14(2,3)16-11-13-10-15-12-18(13)7-5-9-19-8-4-6-17-19/h4,6,8,10,12,16H,5,7,9,11H2,1-3H3. The first-order valence-electron chi connectivity index (χ1n) is 6.76. The van der Waals surface area contributed by atoms with E-state index in [1.807, 2.05) is 35.7 Å². The molecule has 0 amide bonds. The van der Waals surface area contributed by atoms with Crippen LogP contribution in [0.3, 0.4) is 0 Å². The molecule has 0 atom stereocenters. The Hall–Kier alpha value is -1.62. The van der Waals surface area contributed by atoms with Gasteiger partial charge in [0.1, 0.15) is 0 Å². The third kappa shape index (κ3) is 4.52. The lowest BCUT2D eigenvalue weighted by molar-refractivity contribution is 0.413. The van der Waals surface area contributed by atoms with Gasteiger partial charge in [-0.1, -0.05) is 0 Å². The Morgan fingerprint density at radius 3 is 2.79 bits per heavy atom. The van der Waals surface area contributed by atoms with Crippen LogP contribution in [0, 0.1) is 0 Å². The number of nitrogens with one attached hydrogen (secondary N) is 1. The molecule has 0 aliphatic carbocycles. The van der Waals surface area contributed by atoms with Gasteiger partial charge < -0.3 is 9.88 Å². The van der Waals surface area contributed by atoms with E-state index in [-0.39, 0.29) is 5.54 Å². The largest absolute Gasteiger partial charge is 0.333 e. The lowest BCUT2D eigenvalue weighted by atomic mass is 10.1. The Balaban J connectivity index is 1.82. The van der Waals surface area contributed by atoms with E-state index in [0.717, 1.165) is 26.1 Å². The summed E-state index contributed by atoms with van der Waals surface area (Å²) < 4.78 is 4.17. The third-order valence-corrected chi connectivity index (χ3v) is 2.94. The molecule has 0 spiro atoms. The van der Waals surface area contributed by atoms with Crippen molar-refractivity contribution in [2.24, 2.45) is 0 Å². The minimum atomic E-state index is 0.129. The van der Waals surface area contributed by atoms with Crippen LogP contribution in [0.15, 0.2) is 31.0 Å². The molecule has 0 saturated heterocycles. The summed E-state index contributed by atoms with van der Waals surface area (Å²) in [5.74, 6) is 0. The van der Waals surface area contributed by atoms with Crippen LogP contribution in [0.5, 0.6) is 0 Å². The molecule has 0 aliphatic heterocycles. The molecule has 0 unspecified atom stereocenters. The fraction of sp³-hybridized carbons (Fsp3) is 0.571. The predicted molar refractivity (Wildman–Crippen MR) is 75.7 cm³/mol. The van der Waals surface area contributed by atoms with E-state index < -0.39 is 0 Å². The number of hydrogen-bond acceptors (Lipinski definition) is 3. The zero-order chi connectivity index (χ0) is 13.7. The maximum Gasteiger partial charge on any atom is 0.0948 e. The summed E-state index contributed by atoms with van der Waals surface area (Å²) in [5, 5.41) is 7.70. The Labute approximate surface area is 114 Å². The normalized spacial score (nSPS) is 11.9. The third-order valence-electron chi connectivity index (χ3n) is 2.94. The van der Waals surface area contributed by atoms with Crippen molar-refractivity contribution in [3.63, 3.8) is 0 Å². The highest BCUT2D eigenvalue weighted by molar-refractivity contribution is 4.98. The molecule has 0 bridgehead atoms. The molecule has 2 aromatic heterocycles. The second kappa shape index (κ2) is 6.02. The predicted octanol–water partition coefficient (Wildman–Crippen LogP) is 2.06. The smallest absolute Gasteiger partial charge is 0.0948 e. The van der Waals surface area contributed by atoms with Crippen LogP contribution in [-0.4, -0.2) is 24.9 Å². The van der Waals surface area contributed by atoms with Crippen LogP contribution in [0.4, 0.5) is 0 Å². The Morgan fingerprint density at radius 2 is 2.11 bits per heavy atom. The lowest BCUT2D eigenvalue weighted by Crippen LogP contribution is -2.35. The molecule has 1 N–H and O–H groups in total. The van der Waals surface area contributed by atoms with Gasteiger partial charge in [-0.3, -0.25) is 4.68 Å². The molecule has 19 heavy (non-hydrogen) atoms. The summed E-state index contributed by atoms with van der Waals surface area (Å²) in [6, 6.07) is 1.95. The van der Waals surface area contributed by atoms with Gasteiger partial charge in [0.25, 0.3) is 0 Å². The van der Waals surface area contributed by atoms with Crippen molar-refractivity contribution in [2.45, 2.75) is 52.4 Å². The minimum Gasteiger partial charge on any atom is -0.333 e. The minimum absolute atomic E-state index is 0.129. The summed E-state index contributed by atoms with van der Waals surface area (Å²) in [6.45, 7) is 9.28. The molecule has 2 rings (SSSR count). The number of aromatic nitrogens is 4. The van der Waals surface area contributed by atoms with E-state index in [0.29, 0.717) is 0 Å². The number of imidazole rings is 1. The van der Waals surface area contributed by atoms with Crippen molar-refractivity contribution in [1.82, 2.24) is 24.6 Å². The van der Waals surface area contributed by atoms with Gasteiger partial charge >= 0.3 is 0 Å². The van der Waals surface area contributed by atoms with E-state index in [2.05, 4.69) is 40.7 Å². The lowest BCUT2D eigenvalue weighted by Gasteiger charge is -2.21. The van der Waals surface area contributed by atoms with Crippen molar-refractivity contribution in [3.8, 4) is 0 Å². The summed E-state index contributed by atoms with van der Waals surface area (Å²) >= 11 is 0. The van der Waals surface area contributed by atoms with Crippen molar-refractivity contribution in [2.75, 3.05) is 0 Å². The molecule has 0 aromatic carbocycles. The fourth-order valence-corrected chi connectivity index (χ4v) is 1.89. The molecule has 0 saturated carbocycles. The second-order valence-corrected chi connectivity index (χ2v) is 5.80. The first kappa shape index (κ1) is 13.8. The molecule has 2 heterocycles. The van der Waals surface area contributed by atoms with Gasteiger partial charge in [-0.2, -0.15) is 5.10 Å². The first-order chi connectivity index (χ1) is 9.04. The zero-order valence-corrected chi connectivity index (χ0v) is 12.0. The van der Waals surface area contributed by atoms with Gasteiger partial charge in [0.05, 0.1) is 12.0 Å². The second-order valence-electron chi connectivity index (χ2n) is 5.80. The van der Waals surface area contributed by atoms with Crippen LogP contribution >= 0.6 is 0 Å². The highest BCUT2D eigenvalue weighted by Crippen LogP contribution is 2.05. The highest BCUT2D eigenvalue weighted by atomic mass is 15.3. The molecule has 0 fully saturated rings. The van der Waals surface area contributed by atoms with Crippen molar-refractivity contribution in [3.05, 3.63) is 36.7 Å². The van der Waals surface area contributed by atoms with Gasteiger partial charge in [-0.05, 0) is 33.3 Å².